The Bertz CT molecular complexity index is 192. The zero-order valence-electron chi connectivity index (χ0n) is 12.0. The highest BCUT2D eigenvalue weighted by Gasteiger charge is 2.13. The quantitative estimate of drug-likeness (QED) is 0.500. The maximum Gasteiger partial charge on any atom is 0.0977 e. The van der Waals surface area contributed by atoms with Gasteiger partial charge in [-0.3, -0.25) is 4.90 Å². The molecule has 0 heterocycles. The molecule has 0 aromatic rings. The molecule has 0 radical (unpaired) electrons. The van der Waals surface area contributed by atoms with Gasteiger partial charge in [0.1, 0.15) is 0 Å². The van der Waals surface area contributed by atoms with E-state index in [1.54, 1.807) is 0 Å². The van der Waals surface area contributed by atoms with Crippen molar-refractivity contribution in [2.45, 2.75) is 78.2 Å². The molecule has 2 nitrogen and oxygen atoms in total. The molecular weight excluding hydrogens is 208 g/mol. The van der Waals surface area contributed by atoms with Gasteiger partial charge in [-0.05, 0) is 19.5 Å². The maximum absolute atomic E-state index is 9.14. The predicted molar refractivity (Wildman–Crippen MR) is 74.9 cm³/mol. The highest BCUT2D eigenvalue weighted by Crippen LogP contribution is 2.12. The van der Waals surface area contributed by atoms with Crippen LogP contribution >= 0.6 is 0 Å². The summed E-state index contributed by atoms with van der Waals surface area (Å²) in [4.78, 5) is 2.26. The van der Waals surface area contributed by atoms with Crippen LogP contribution in [0.4, 0.5) is 0 Å². The summed E-state index contributed by atoms with van der Waals surface area (Å²) in [6.45, 7) is 8.51. The molecule has 17 heavy (non-hydrogen) atoms. The number of hydrogen-bond donors (Lipinski definition) is 0. The molecule has 1 atom stereocenters. The van der Waals surface area contributed by atoms with Crippen LogP contribution in [0, 0.1) is 11.3 Å². The Hall–Kier alpha value is -0.550. The average Bonchev–Trinajstić information content (AvgIpc) is 2.36. The van der Waals surface area contributed by atoms with E-state index in [9.17, 15) is 0 Å². The van der Waals surface area contributed by atoms with Crippen molar-refractivity contribution in [3.8, 4) is 6.07 Å². The highest BCUT2D eigenvalue weighted by atomic mass is 15.1. The molecule has 2 heteroatoms. The first kappa shape index (κ1) is 16.4. The summed E-state index contributed by atoms with van der Waals surface area (Å²) in [7, 11) is 0. The van der Waals surface area contributed by atoms with Gasteiger partial charge in [-0.25, -0.2) is 0 Å². The van der Waals surface area contributed by atoms with Crippen molar-refractivity contribution in [2.75, 3.05) is 13.1 Å². The van der Waals surface area contributed by atoms with Crippen LogP contribution in [0.5, 0.6) is 0 Å². The lowest BCUT2D eigenvalue weighted by atomic mass is 10.0. The minimum absolute atomic E-state index is 0.139. The van der Waals surface area contributed by atoms with Crippen molar-refractivity contribution in [1.29, 1.82) is 5.26 Å². The zero-order chi connectivity index (χ0) is 12.9. The molecule has 0 aliphatic rings. The normalized spacial score (nSPS) is 12.6. The van der Waals surface area contributed by atoms with Crippen molar-refractivity contribution in [3.05, 3.63) is 0 Å². The number of nitriles is 1. The van der Waals surface area contributed by atoms with Crippen molar-refractivity contribution < 1.29 is 0 Å². The fraction of sp³-hybridized carbons (Fsp3) is 0.933. The number of rotatable bonds is 11. The minimum atomic E-state index is 0.139. The summed E-state index contributed by atoms with van der Waals surface area (Å²) >= 11 is 0. The third-order valence-corrected chi connectivity index (χ3v) is 3.48. The highest BCUT2D eigenvalue weighted by molar-refractivity contribution is 4.90. The van der Waals surface area contributed by atoms with Crippen molar-refractivity contribution in [3.63, 3.8) is 0 Å². The van der Waals surface area contributed by atoms with E-state index in [1.807, 2.05) is 0 Å². The van der Waals surface area contributed by atoms with Gasteiger partial charge in [0.05, 0.1) is 12.1 Å². The van der Waals surface area contributed by atoms with E-state index < -0.39 is 0 Å². The molecule has 0 saturated carbocycles. The van der Waals surface area contributed by atoms with E-state index in [0.717, 1.165) is 19.5 Å². The van der Waals surface area contributed by atoms with Crippen LogP contribution in [0.3, 0.4) is 0 Å². The van der Waals surface area contributed by atoms with E-state index >= 15 is 0 Å². The van der Waals surface area contributed by atoms with Gasteiger partial charge >= 0.3 is 0 Å². The van der Waals surface area contributed by atoms with Gasteiger partial charge in [0.15, 0.2) is 0 Å². The third kappa shape index (κ3) is 8.21. The van der Waals surface area contributed by atoms with Gasteiger partial charge < -0.3 is 0 Å². The van der Waals surface area contributed by atoms with Gasteiger partial charge in [0.2, 0.25) is 0 Å². The molecule has 0 aromatic carbocycles. The second kappa shape index (κ2) is 11.9. The summed E-state index contributed by atoms with van der Waals surface area (Å²) < 4.78 is 0. The van der Waals surface area contributed by atoms with Crippen LogP contribution in [0.1, 0.15) is 72.1 Å². The molecule has 0 aromatic heterocycles. The van der Waals surface area contributed by atoms with Crippen molar-refractivity contribution in [2.24, 2.45) is 0 Å². The number of hydrogen-bond acceptors (Lipinski definition) is 2. The lowest BCUT2D eigenvalue weighted by molar-refractivity contribution is 0.244. The smallest absolute Gasteiger partial charge is 0.0977 e. The predicted octanol–water partition coefficient (Wildman–Crippen LogP) is 4.36. The Morgan fingerprint density at radius 1 is 0.882 bits per heavy atom. The summed E-state index contributed by atoms with van der Waals surface area (Å²) in [6.07, 6.45) is 10.3. The van der Waals surface area contributed by atoms with Crippen molar-refractivity contribution >= 4 is 0 Å². The number of nitrogens with zero attached hydrogens (tertiary/aromatic N) is 2. The zero-order valence-corrected chi connectivity index (χ0v) is 12.0. The van der Waals surface area contributed by atoms with Crippen LogP contribution in [-0.2, 0) is 0 Å². The van der Waals surface area contributed by atoms with Gasteiger partial charge in [-0.1, -0.05) is 65.7 Å². The first-order valence-electron chi connectivity index (χ1n) is 7.43. The van der Waals surface area contributed by atoms with E-state index in [1.165, 1.54) is 44.9 Å². The third-order valence-electron chi connectivity index (χ3n) is 3.48. The Morgan fingerprint density at radius 3 is 1.88 bits per heavy atom. The Balaban J connectivity index is 3.54. The molecular formula is C15H30N2. The SMILES string of the molecule is CCCCCCCCCC(C#N)N(CC)CC. The first-order valence-corrected chi connectivity index (χ1v) is 7.43. The van der Waals surface area contributed by atoms with E-state index in [4.69, 9.17) is 5.26 Å². The summed E-state index contributed by atoms with van der Waals surface area (Å²) in [5.41, 5.74) is 0. The van der Waals surface area contributed by atoms with Crippen LogP contribution in [0.25, 0.3) is 0 Å². The van der Waals surface area contributed by atoms with Crippen molar-refractivity contribution in [1.82, 2.24) is 4.90 Å². The molecule has 0 bridgehead atoms. The molecule has 0 aliphatic carbocycles. The molecule has 0 amide bonds. The van der Waals surface area contributed by atoms with Crippen LogP contribution in [0.2, 0.25) is 0 Å². The molecule has 0 spiro atoms. The molecule has 0 saturated heterocycles. The van der Waals surface area contributed by atoms with E-state index in [0.29, 0.717) is 0 Å². The van der Waals surface area contributed by atoms with Crippen LogP contribution in [-0.4, -0.2) is 24.0 Å². The lowest BCUT2D eigenvalue weighted by Crippen LogP contribution is -2.33. The molecule has 0 fully saturated rings. The maximum atomic E-state index is 9.14. The molecule has 0 N–H and O–H groups in total. The minimum Gasteiger partial charge on any atom is -0.289 e. The van der Waals surface area contributed by atoms with Crippen LogP contribution < -0.4 is 0 Å². The Kier molecular flexibility index (Phi) is 11.5. The van der Waals surface area contributed by atoms with Gasteiger partial charge in [0, 0.05) is 0 Å². The van der Waals surface area contributed by atoms with Gasteiger partial charge in [0.25, 0.3) is 0 Å². The Morgan fingerprint density at radius 2 is 1.41 bits per heavy atom. The second-order valence-corrected chi connectivity index (χ2v) is 4.78. The van der Waals surface area contributed by atoms with Gasteiger partial charge in [-0.2, -0.15) is 5.26 Å². The molecule has 100 valence electrons. The first-order chi connectivity index (χ1) is 8.29. The summed E-state index contributed by atoms with van der Waals surface area (Å²) in [5.74, 6) is 0. The topological polar surface area (TPSA) is 27.0 Å². The standard InChI is InChI=1S/C15H30N2/c1-4-7-8-9-10-11-12-13-15(14-16)17(5-2)6-3/h15H,4-13H2,1-3H3. The number of unbranched alkanes of at least 4 members (excludes halogenated alkanes) is 6. The fourth-order valence-corrected chi connectivity index (χ4v) is 2.29. The molecule has 0 rings (SSSR count). The van der Waals surface area contributed by atoms with Gasteiger partial charge in [-0.15, -0.1) is 0 Å². The average molecular weight is 238 g/mol. The Labute approximate surface area is 108 Å². The van der Waals surface area contributed by atoms with E-state index in [-0.39, 0.29) is 6.04 Å². The fourth-order valence-electron chi connectivity index (χ4n) is 2.29. The summed E-state index contributed by atoms with van der Waals surface area (Å²) in [5, 5.41) is 9.14. The molecule has 0 aliphatic heterocycles. The largest absolute Gasteiger partial charge is 0.289 e. The lowest BCUT2D eigenvalue weighted by Gasteiger charge is -2.23. The monoisotopic (exact) mass is 238 g/mol. The van der Waals surface area contributed by atoms with Crippen LogP contribution in [0.15, 0.2) is 0 Å². The molecule has 1 unspecified atom stereocenters. The van der Waals surface area contributed by atoms with E-state index in [2.05, 4.69) is 31.7 Å². The summed E-state index contributed by atoms with van der Waals surface area (Å²) in [6, 6.07) is 2.58. The second-order valence-electron chi connectivity index (χ2n) is 4.78.